The van der Waals surface area contributed by atoms with Gasteiger partial charge in [-0.15, -0.1) is 13.2 Å². The van der Waals surface area contributed by atoms with E-state index in [1.54, 1.807) is 0 Å². The lowest BCUT2D eigenvalue weighted by Gasteiger charge is -2.33. The molecule has 2 aromatic carbocycles. The van der Waals surface area contributed by atoms with E-state index in [2.05, 4.69) is 108 Å². The lowest BCUT2D eigenvalue weighted by molar-refractivity contribution is 0.175. The van der Waals surface area contributed by atoms with Crippen molar-refractivity contribution >= 4 is 0 Å². The molecule has 3 aliphatic rings. The van der Waals surface area contributed by atoms with Crippen molar-refractivity contribution in [3.8, 4) is 0 Å². The van der Waals surface area contributed by atoms with E-state index < -0.39 is 0 Å². The molecule has 1 atom stereocenters. The van der Waals surface area contributed by atoms with Gasteiger partial charge in [0.25, 0.3) is 0 Å². The molecule has 0 amide bonds. The van der Waals surface area contributed by atoms with Gasteiger partial charge in [0.05, 0.1) is 0 Å². The Kier molecular flexibility index (Phi) is 19.4. The predicted molar refractivity (Wildman–Crippen MR) is 192 cm³/mol. The zero-order valence-electron chi connectivity index (χ0n) is 26.4. The first-order valence-corrected chi connectivity index (χ1v) is 16.7. The summed E-state index contributed by atoms with van der Waals surface area (Å²) in [5.41, 5.74) is 3.01. The van der Waals surface area contributed by atoms with Crippen LogP contribution in [0.15, 0.2) is 111 Å². The van der Waals surface area contributed by atoms with Crippen LogP contribution >= 0.6 is 0 Å². The molecule has 236 valence electrons. The Morgan fingerprint density at radius 3 is 1.67 bits per heavy atom. The highest BCUT2D eigenvalue weighted by atomic mass is 15.1. The maximum absolute atomic E-state index is 3.69. The van der Waals surface area contributed by atoms with E-state index >= 15 is 0 Å². The Morgan fingerprint density at radius 2 is 1.21 bits per heavy atom. The molecule has 0 aromatic heterocycles. The summed E-state index contributed by atoms with van der Waals surface area (Å²) in [6.07, 6.45) is 25.6. The fraction of sp³-hybridized carbons (Fsp3) is 0.512. The lowest BCUT2D eigenvalue weighted by Crippen LogP contribution is -2.35. The summed E-state index contributed by atoms with van der Waals surface area (Å²) >= 11 is 0. The molecule has 0 N–H and O–H groups in total. The first-order valence-electron chi connectivity index (χ1n) is 16.7. The van der Waals surface area contributed by atoms with E-state index in [4.69, 9.17) is 0 Å². The predicted octanol–water partition coefficient (Wildman–Crippen LogP) is 10.2. The minimum atomic E-state index is 0. The Morgan fingerprint density at radius 1 is 0.698 bits per heavy atom. The molecule has 2 saturated heterocycles. The van der Waals surface area contributed by atoms with Crippen molar-refractivity contribution in [2.24, 2.45) is 17.8 Å². The van der Waals surface area contributed by atoms with Crippen LogP contribution < -0.4 is 0 Å². The Bertz CT molecular complexity index is 995. The molecule has 0 saturated carbocycles. The SMILES string of the molecule is C.C1=CC(CCN2CCC(Cc3ccccc3)CC2)CCC1.C=C.C=C/C=C/CCN1CCC(Cc2ccccc2)CC1. The monoisotopic (exact) mass is 582 g/mol. The summed E-state index contributed by atoms with van der Waals surface area (Å²) in [4.78, 5) is 5.29. The van der Waals surface area contributed by atoms with Crippen LogP contribution in [-0.4, -0.2) is 49.1 Å². The third-order valence-corrected chi connectivity index (χ3v) is 9.20. The largest absolute Gasteiger partial charge is 0.303 e. The third-order valence-electron chi connectivity index (χ3n) is 9.20. The van der Waals surface area contributed by atoms with Crippen molar-refractivity contribution in [1.82, 2.24) is 9.80 Å². The van der Waals surface area contributed by atoms with Crippen LogP contribution in [0.1, 0.15) is 76.3 Å². The fourth-order valence-corrected chi connectivity index (χ4v) is 6.64. The van der Waals surface area contributed by atoms with E-state index in [-0.39, 0.29) is 7.43 Å². The van der Waals surface area contributed by atoms with Crippen LogP contribution in [0, 0.1) is 17.8 Å². The molecule has 1 aliphatic carbocycles. The molecule has 0 bridgehead atoms. The maximum atomic E-state index is 3.69. The summed E-state index contributed by atoms with van der Waals surface area (Å²) in [5, 5.41) is 0. The second kappa shape index (κ2) is 22.8. The minimum absolute atomic E-state index is 0. The standard InChI is InChI=1S/C20H29N.C18H25N.C2H4.CH4/c1-3-7-18(8-4-1)11-14-21-15-12-20(13-16-21)17-19-9-5-2-6-10-19;1-2-3-4-8-13-19-14-11-18(12-15-19)16-17-9-6-5-7-10-17;1-2;/h2-3,5-7,9-10,18,20H,1,4,8,11-17H2;2-7,9-10,18H,1,8,11-16H2;1-2H2;1H4/b;4-3+;;. The minimum Gasteiger partial charge on any atom is -0.303 e. The van der Waals surface area contributed by atoms with Gasteiger partial charge in [-0.05, 0) is 132 Å². The molecular weight excluding hydrogens is 520 g/mol. The smallest absolute Gasteiger partial charge is 0.00160 e. The molecule has 43 heavy (non-hydrogen) atoms. The molecule has 2 heteroatoms. The summed E-state index contributed by atoms with van der Waals surface area (Å²) < 4.78 is 0. The third kappa shape index (κ3) is 15.1. The van der Waals surface area contributed by atoms with Crippen LogP contribution in [0.3, 0.4) is 0 Å². The Balaban J connectivity index is 0.000000279. The highest BCUT2D eigenvalue weighted by Gasteiger charge is 2.20. The highest BCUT2D eigenvalue weighted by molar-refractivity contribution is 5.16. The van der Waals surface area contributed by atoms with Crippen LogP contribution in [0.25, 0.3) is 0 Å². The molecule has 2 fully saturated rings. The van der Waals surface area contributed by atoms with E-state index in [0.717, 1.165) is 24.2 Å². The molecule has 2 nitrogen and oxygen atoms in total. The number of rotatable bonds is 11. The zero-order chi connectivity index (χ0) is 29.7. The number of piperidine rings is 2. The molecule has 0 radical (unpaired) electrons. The first-order chi connectivity index (χ1) is 20.8. The van der Waals surface area contributed by atoms with Gasteiger partial charge in [-0.2, -0.15) is 0 Å². The van der Waals surface area contributed by atoms with Gasteiger partial charge in [0.2, 0.25) is 0 Å². The number of hydrogen-bond acceptors (Lipinski definition) is 2. The average molecular weight is 583 g/mol. The van der Waals surface area contributed by atoms with E-state index in [1.165, 1.54) is 115 Å². The summed E-state index contributed by atoms with van der Waals surface area (Å²) in [6.45, 7) is 17.4. The van der Waals surface area contributed by atoms with Gasteiger partial charge in [0.1, 0.15) is 0 Å². The zero-order valence-corrected chi connectivity index (χ0v) is 26.4. The van der Waals surface area contributed by atoms with Gasteiger partial charge >= 0.3 is 0 Å². The summed E-state index contributed by atoms with van der Waals surface area (Å²) in [7, 11) is 0. The normalized spacial score (nSPS) is 19.9. The van der Waals surface area contributed by atoms with Crippen LogP contribution in [-0.2, 0) is 12.8 Å². The Labute approximate surface area is 266 Å². The molecule has 1 unspecified atom stereocenters. The van der Waals surface area contributed by atoms with Crippen LogP contribution in [0.5, 0.6) is 0 Å². The van der Waals surface area contributed by atoms with Gasteiger partial charge in [0, 0.05) is 6.54 Å². The molecule has 2 aromatic rings. The fourth-order valence-electron chi connectivity index (χ4n) is 6.64. The number of benzene rings is 2. The van der Waals surface area contributed by atoms with Crippen molar-refractivity contribution in [3.05, 3.63) is 122 Å². The summed E-state index contributed by atoms with van der Waals surface area (Å²) in [5.74, 6) is 2.64. The topological polar surface area (TPSA) is 6.48 Å². The second-order valence-electron chi connectivity index (χ2n) is 12.3. The van der Waals surface area contributed by atoms with E-state index in [9.17, 15) is 0 Å². The van der Waals surface area contributed by atoms with Gasteiger partial charge in [-0.3, -0.25) is 0 Å². The lowest BCUT2D eigenvalue weighted by atomic mass is 9.89. The molecule has 2 heterocycles. The van der Waals surface area contributed by atoms with Crippen molar-refractivity contribution < 1.29 is 0 Å². The molecular formula is C41H62N2. The molecule has 0 spiro atoms. The van der Waals surface area contributed by atoms with Gasteiger partial charge in [0.15, 0.2) is 0 Å². The first kappa shape index (κ1) is 36.5. The van der Waals surface area contributed by atoms with Crippen molar-refractivity contribution in [2.45, 2.75) is 78.1 Å². The highest BCUT2D eigenvalue weighted by Crippen LogP contribution is 2.25. The van der Waals surface area contributed by atoms with E-state index in [0.29, 0.717) is 0 Å². The quantitative estimate of drug-likeness (QED) is 0.192. The number of nitrogens with zero attached hydrogens (tertiary/aromatic N) is 2. The van der Waals surface area contributed by atoms with Crippen LogP contribution in [0.2, 0.25) is 0 Å². The second-order valence-corrected chi connectivity index (χ2v) is 12.3. The van der Waals surface area contributed by atoms with Crippen LogP contribution in [0.4, 0.5) is 0 Å². The van der Waals surface area contributed by atoms with E-state index in [1.807, 2.05) is 12.2 Å². The van der Waals surface area contributed by atoms with Crippen molar-refractivity contribution in [2.75, 3.05) is 39.3 Å². The van der Waals surface area contributed by atoms with Gasteiger partial charge in [-0.25, -0.2) is 0 Å². The Hall–Kier alpha value is -2.68. The van der Waals surface area contributed by atoms with Crippen molar-refractivity contribution in [3.63, 3.8) is 0 Å². The molecule has 5 rings (SSSR count). The van der Waals surface area contributed by atoms with Gasteiger partial charge < -0.3 is 9.80 Å². The maximum Gasteiger partial charge on any atom is 0.00160 e. The average Bonchev–Trinajstić information content (AvgIpc) is 3.06. The number of likely N-dealkylation sites (tertiary alicyclic amines) is 2. The number of allylic oxidation sites excluding steroid dienone is 4. The van der Waals surface area contributed by atoms with Crippen molar-refractivity contribution in [1.29, 1.82) is 0 Å². The molecule has 2 aliphatic heterocycles. The van der Waals surface area contributed by atoms with Gasteiger partial charge in [-0.1, -0.05) is 105 Å². The summed E-state index contributed by atoms with van der Waals surface area (Å²) in [6, 6.07) is 21.9. The number of hydrogen-bond donors (Lipinski definition) is 0.